The molecule has 4 nitrogen and oxygen atoms in total. The standard InChI is InChI=1S/C16H22N2O2S3/c1-22-10-8-14(15(19)20)18-11-17(16(21)23-12-18)9-7-13-5-3-2-4-6-13/h2-6,14H,7-12H2,1H3,(H,19,20). The number of hydrogen-bond donors (Lipinski definition) is 1. The minimum Gasteiger partial charge on any atom is -0.480 e. The Kier molecular flexibility index (Phi) is 7.69. The van der Waals surface area contributed by atoms with Gasteiger partial charge in [-0.05, 0) is 30.4 Å². The summed E-state index contributed by atoms with van der Waals surface area (Å²) in [5, 5.41) is 9.50. The second kappa shape index (κ2) is 9.52. The molecule has 0 amide bonds. The topological polar surface area (TPSA) is 43.8 Å². The summed E-state index contributed by atoms with van der Waals surface area (Å²) >= 11 is 8.69. The minimum atomic E-state index is -0.740. The molecule has 1 atom stereocenters. The van der Waals surface area contributed by atoms with Crippen LogP contribution in [0.2, 0.25) is 0 Å². The average Bonchev–Trinajstić information content (AvgIpc) is 2.56. The van der Waals surface area contributed by atoms with E-state index in [1.54, 1.807) is 23.5 Å². The third-order valence-electron chi connectivity index (χ3n) is 3.80. The first-order valence-corrected chi connectivity index (χ1v) is 10.3. The molecular formula is C16H22N2O2S3. The molecule has 1 aromatic rings. The number of carboxylic acid groups (broad SMARTS) is 1. The van der Waals surface area contributed by atoms with Crippen LogP contribution < -0.4 is 0 Å². The Morgan fingerprint density at radius 3 is 2.83 bits per heavy atom. The maximum Gasteiger partial charge on any atom is 0.321 e. The molecule has 1 aliphatic heterocycles. The molecule has 1 N–H and O–H groups in total. The van der Waals surface area contributed by atoms with Gasteiger partial charge in [-0.1, -0.05) is 54.3 Å². The molecule has 0 aromatic heterocycles. The average molecular weight is 371 g/mol. The number of aliphatic carboxylic acids is 1. The molecule has 1 aromatic carbocycles. The van der Waals surface area contributed by atoms with Crippen LogP contribution in [0.25, 0.3) is 0 Å². The summed E-state index contributed by atoms with van der Waals surface area (Å²) in [4.78, 5) is 15.7. The highest BCUT2D eigenvalue weighted by atomic mass is 32.2. The number of thioether (sulfide) groups is 2. The van der Waals surface area contributed by atoms with Crippen molar-refractivity contribution in [1.29, 1.82) is 0 Å². The van der Waals surface area contributed by atoms with Crippen molar-refractivity contribution >= 4 is 46.0 Å². The lowest BCUT2D eigenvalue weighted by molar-refractivity contribution is -0.143. The van der Waals surface area contributed by atoms with Crippen LogP contribution in [-0.2, 0) is 11.2 Å². The van der Waals surface area contributed by atoms with Crippen molar-refractivity contribution in [2.24, 2.45) is 0 Å². The molecule has 1 aliphatic rings. The SMILES string of the molecule is CSCCC(C(=O)O)N1CSC(=S)N(CCc2ccccc2)C1. The zero-order chi connectivity index (χ0) is 16.7. The third kappa shape index (κ3) is 5.67. The van der Waals surface area contributed by atoms with E-state index in [-0.39, 0.29) is 0 Å². The quantitative estimate of drug-likeness (QED) is 0.706. The van der Waals surface area contributed by atoms with Crippen LogP contribution in [0.1, 0.15) is 12.0 Å². The van der Waals surface area contributed by atoms with Gasteiger partial charge in [0.25, 0.3) is 0 Å². The molecule has 23 heavy (non-hydrogen) atoms. The van der Waals surface area contributed by atoms with E-state index in [0.29, 0.717) is 19.0 Å². The molecule has 7 heteroatoms. The van der Waals surface area contributed by atoms with Crippen molar-refractivity contribution in [3.63, 3.8) is 0 Å². The Morgan fingerprint density at radius 2 is 2.17 bits per heavy atom. The van der Waals surface area contributed by atoms with Crippen molar-refractivity contribution in [3.8, 4) is 0 Å². The summed E-state index contributed by atoms with van der Waals surface area (Å²) in [7, 11) is 0. The Morgan fingerprint density at radius 1 is 1.43 bits per heavy atom. The Bertz CT molecular complexity index is 527. The van der Waals surface area contributed by atoms with E-state index in [0.717, 1.165) is 23.0 Å². The zero-order valence-electron chi connectivity index (χ0n) is 13.2. The summed E-state index contributed by atoms with van der Waals surface area (Å²) in [6, 6.07) is 9.86. The molecule has 1 saturated heterocycles. The molecule has 1 heterocycles. The van der Waals surface area contributed by atoms with Gasteiger partial charge in [-0.2, -0.15) is 11.8 Å². The van der Waals surface area contributed by atoms with Crippen molar-refractivity contribution in [2.75, 3.05) is 31.1 Å². The fraction of sp³-hybridized carbons (Fsp3) is 0.500. The van der Waals surface area contributed by atoms with Gasteiger partial charge in [0.1, 0.15) is 10.4 Å². The monoisotopic (exact) mass is 370 g/mol. The number of hydrogen-bond acceptors (Lipinski definition) is 5. The summed E-state index contributed by atoms with van der Waals surface area (Å²) in [6.07, 6.45) is 3.58. The van der Waals surface area contributed by atoms with E-state index < -0.39 is 12.0 Å². The van der Waals surface area contributed by atoms with Gasteiger partial charge in [0.2, 0.25) is 0 Å². The molecule has 0 saturated carbocycles. The Labute approximate surface area is 151 Å². The molecule has 1 unspecified atom stereocenters. The zero-order valence-corrected chi connectivity index (χ0v) is 15.6. The number of carbonyl (C=O) groups is 1. The smallest absolute Gasteiger partial charge is 0.321 e. The van der Waals surface area contributed by atoms with Gasteiger partial charge in [0.05, 0.1) is 12.5 Å². The van der Waals surface area contributed by atoms with Gasteiger partial charge in [-0.3, -0.25) is 9.69 Å². The van der Waals surface area contributed by atoms with Gasteiger partial charge in [0, 0.05) is 6.54 Å². The van der Waals surface area contributed by atoms with Crippen molar-refractivity contribution in [1.82, 2.24) is 9.80 Å². The van der Waals surface area contributed by atoms with Crippen molar-refractivity contribution in [3.05, 3.63) is 35.9 Å². The van der Waals surface area contributed by atoms with Gasteiger partial charge in [0.15, 0.2) is 0 Å². The van der Waals surface area contributed by atoms with Crippen molar-refractivity contribution in [2.45, 2.75) is 18.9 Å². The normalized spacial score (nSPS) is 17.3. The van der Waals surface area contributed by atoms with E-state index in [2.05, 4.69) is 17.0 Å². The number of carboxylic acids is 1. The first-order valence-electron chi connectivity index (χ1n) is 7.53. The van der Waals surface area contributed by atoms with Crippen LogP contribution in [0, 0.1) is 0 Å². The Hall–Kier alpha value is -0.760. The lowest BCUT2D eigenvalue weighted by Gasteiger charge is -2.39. The number of nitrogens with zero attached hydrogens (tertiary/aromatic N) is 2. The fourth-order valence-corrected chi connectivity index (χ4v) is 4.13. The summed E-state index contributed by atoms with van der Waals surface area (Å²) in [5.74, 6) is 0.772. The fourth-order valence-electron chi connectivity index (χ4n) is 2.50. The molecule has 126 valence electrons. The molecular weight excluding hydrogens is 348 g/mol. The predicted octanol–water partition coefficient (Wildman–Crippen LogP) is 2.99. The summed E-state index contributed by atoms with van der Waals surface area (Å²) in [6.45, 7) is 1.42. The Balaban J connectivity index is 1.94. The van der Waals surface area contributed by atoms with Crippen LogP contribution in [-0.4, -0.2) is 62.3 Å². The summed E-state index contributed by atoms with van der Waals surface area (Å²) < 4.78 is 0.867. The van der Waals surface area contributed by atoms with E-state index in [9.17, 15) is 9.90 Å². The highest BCUT2D eigenvalue weighted by Gasteiger charge is 2.31. The van der Waals surface area contributed by atoms with Gasteiger partial charge in [-0.15, -0.1) is 0 Å². The van der Waals surface area contributed by atoms with E-state index in [4.69, 9.17) is 12.2 Å². The summed E-state index contributed by atoms with van der Waals surface area (Å²) in [5.41, 5.74) is 1.27. The lowest BCUT2D eigenvalue weighted by Crippen LogP contribution is -2.52. The van der Waals surface area contributed by atoms with Crippen LogP contribution >= 0.6 is 35.7 Å². The molecule has 0 bridgehead atoms. The largest absolute Gasteiger partial charge is 0.480 e. The lowest BCUT2D eigenvalue weighted by atomic mass is 10.1. The molecule has 0 aliphatic carbocycles. The van der Waals surface area contributed by atoms with Gasteiger partial charge >= 0.3 is 5.97 Å². The first kappa shape index (κ1) is 18.6. The highest BCUT2D eigenvalue weighted by molar-refractivity contribution is 8.22. The molecule has 0 radical (unpaired) electrons. The first-order chi connectivity index (χ1) is 11.1. The van der Waals surface area contributed by atoms with Crippen LogP contribution in [0.3, 0.4) is 0 Å². The minimum absolute atomic E-state index is 0.433. The number of rotatable bonds is 8. The molecule has 1 fully saturated rings. The molecule has 0 spiro atoms. The van der Waals surface area contributed by atoms with Gasteiger partial charge in [-0.25, -0.2) is 0 Å². The molecule has 2 rings (SSSR count). The highest BCUT2D eigenvalue weighted by Crippen LogP contribution is 2.23. The van der Waals surface area contributed by atoms with E-state index in [1.807, 2.05) is 29.4 Å². The van der Waals surface area contributed by atoms with E-state index in [1.165, 1.54) is 5.56 Å². The van der Waals surface area contributed by atoms with E-state index >= 15 is 0 Å². The van der Waals surface area contributed by atoms with Crippen LogP contribution in [0.5, 0.6) is 0 Å². The van der Waals surface area contributed by atoms with Gasteiger partial charge < -0.3 is 10.0 Å². The van der Waals surface area contributed by atoms with Crippen LogP contribution in [0.15, 0.2) is 30.3 Å². The second-order valence-corrected chi connectivity index (χ2v) is 7.97. The van der Waals surface area contributed by atoms with Crippen molar-refractivity contribution < 1.29 is 9.90 Å². The predicted molar refractivity (Wildman–Crippen MR) is 103 cm³/mol. The maximum absolute atomic E-state index is 11.6. The number of benzene rings is 1. The number of thiocarbonyl (C=S) groups is 1. The second-order valence-electron chi connectivity index (χ2n) is 5.40. The van der Waals surface area contributed by atoms with Crippen LogP contribution in [0.4, 0.5) is 0 Å². The maximum atomic E-state index is 11.6. The third-order valence-corrected chi connectivity index (χ3v) is 6.02.